The number of piperazine rings is 1. The Hall–Kier alpha value is -5.61. The standard InChI is InChI=1S/C36H34F6N6O5/c1-23-19-26(53-45-23)20-31(49)44-29-5-2-3-6-30(29)46-15-17-47(18-16-46)33(51)34(52-25-9-7-24(8-10-25)35(37,38)39)12-4-14-48(22-34)32(50)27-21-43-13-11-28(27)36(40,41)42/h2-3,5-11,13,19,21H,4,12,14-18,20,22H2,1H3,(H,44,49). The fraction of sp³-hybridized carbons (Fsp3) is 0.361. The van der Waals surface area contributed by atoms with Gasteiger partial charge in [-0.3, -0.25) is 19.4 Å². The van der Waals surface area contributed by atoms with Crippen molar-refractivity contribution in [1.82, 2.24) is 19.9 Å². The number of amides is 3. The summed E-state index contributed by atoms with van der Waals surface area (Å²) < 4.78 is 92.8. The summed E-state index contributed by atoms with van der Waals surface area (Å²) in [6, 6.07) is 13.2. The Morgan fingerprint density at radius 2 is 1.62 bits per heavy atom. The SMILES string of the molecule is Cc1cc(CC(=O)Nc2ccccc2N2CCN(C(=O)C3(Oc4ccc(C(F)(F)F)cc4)CCCN(C(=O)c4cnccc4C(F)(F)F)C3)CC2)on1. The fourth-order valence-corrected chi connectivity index (χ4v) is 6.56. The van der Waals surface area contributed by atoms with Crippen molar-refractivity contribution in [1.29, 1.82) is 0 Å². The minimum absolute atomic E-state index is 0.00273. The topological polar surface area (TPSA) is 121 Å². The summed E-state index contributed by atoms with van der Waals surface area (Å²) in [7, 11) is 0. The molecule has 280 valence electrons. The molecule has 11 nitrogen and oxygen atoms in total. The number of likely N-dealkylation sites (tertiary alicyclic amines) is 1. The van der Waals surface area contributed by atoms with Gasteiger partial charge in [0.05, 0.1) is 46.7 Å². The van der Waals surface area contributed by atoms with Crippen molar-refractivity contribution in [2.75, 3.05) is 49.5 Å². The van der Waals surface area contributed by atoms with Crippen molar-refractivity contribution >= 4 is 29.1 Å². The van der Waals surface area contributed by atoms with Crippen LogP contribution in [0.15, 0.2) is 77.6 Å². The van der Waals surface area contributed by atoms with E-state index in [1.807, 2.05) is 11.0 Å². The molecule has 1 unspecified atom stereocenters. The molecule has 0 aliphatic carbocycles. The van der Waals surface area contributed by atoms with Crippen LogP contribution < -0.4 is 15.0 Å². The molecule has 17 heteroatoms. The zero-order valence-corrected chi connectivity index (χ0v) is 28.3. The van der Waals surface area contributed by atoms with E-state index in [1.165, 1.54) is 4.90 Å². The number of alkyl halides is 6. The van der Waals surface area contributed by atoms with Crippen LogP contribution >= 0.6 is 0 Å². The molecule has 1 atom stereocenters. The zero-order valence-electron chi connectivity index (χ0n) is 28.3. The van der Waals surface area contributed by atoms with Gasteiger partial charge in [-0.15, -0.1) is 0 Å². The van der Waals surface area contributed by atoms with Gasteiger partial charge in [0.25, 0.3) is 11.8 Å². The van der Waals surface area contributed by atoms with Gasteiger partial charge in [0, 0.05) is 51.2 Å². The molecule has 0 bridgehead atoms. The number of hydrogen-bond acceptors (Lipinski definition) is 8. The fourth-order valence-electron chi connectivity index (χ4n) is 6.56. The Labute approximate surface area is 299 Å². The van der Waals surface area contributed by atoms with Gasteiger partial charge < -0.3 is 29.3 Å². The molecule has 53 heavy (non-hydrogen) atoms. The van der Waals surface area contributed by atoms with E-state index in [-0.39, 0.29) is 50.6 Å². The van der Waals surface area contributed by atoms with E-state index in [1.54, 1.807) is 31.2 Å². The van der Waals surface area contributed by atoms with Crippen LogP contribution in [0, 0.1) is 6.92 Å². The van der Waals surface area contributed by atoms with Crippen LogP contribution in [0.5, 0.6) is 5.75 Å². The highest BCUT2D eigenvalue weighted by atomic mass is 19.4. The van der Waals surface area contributed by atoms with E-state index in [4.69, 9.17) is 9.26 Å². The minimum Gasteiger partial charge on any atom is -0.476 e. The predicted octanol–water partition coefficient (Wildman–Crippen LogP) is 6.00. The molecule has 2 aliphatic rings. The molecule has 0 saturated carbocycles. The second-order valence-electron chi connectivity index (χ2n) is 12.8. The van der Waals surface area contributed by atoms with Crippen LogP contribution in [0.25, 0.3) is 0 Å². The molecule has 2 fully saturated rings. The minimum atomic E-state index is -4.86. The normalized spacial score (nSPS) is 18.1. The van der Waals surface area contributed by atoms with Crippen molar-refractivity contribution in [3.05, 3.63) is 101 Å². The summed E-state index contributed by atoms with van der Waals surface area (Å²) in [5.41, 5.74) is -2.79. The number of benzene rings is 2. The van der Waals surface area contributed by atoms with Gasteiger partial charge >= 0.3 is 12.4 Å². The van der Waals surface area contributed by atoms with Crippen LogP contribution in [-0.2, 0) is 28.4 Å². The van der Waals surface area contributed by atoms with E-state index >= 15 is 0 Å². The highest BCUT2D eigenvalue weighted by Gasteiger charge is 2.49. The van der Waals surface area contributed by atoms with E-state index in [2.05, 4.69) is 15.5 Å². The van der Waals surface area contributed by atoms with Gasteiger partial charge in [0.1, 0.15) is 11.5 Å². The highest BCUT2D eigenvalue weighted by molar-refractivity contribution is 5.97. The first-order valence-electron chi connectivity index (χ1n) is 16.7. The number of para-hydroxylation sites is 2. The van der Waals surface area contributed by atoms with E-state index in [0.29, 0.717) is 42.0 Å². The van der Waals surface area contributed by atoms with Gasteiger partial charge in [-0.1, -0.05) is 17.3 Å². The molecule has 2 saturated heterocycles. The number of aromatic nitrogens is 2. The van der Waals surface area contributed by atoms with Crippen LogP contribution in [0.4, 0.5) is 37.7 Å². The van der Waals surface area contributed by atoms with Gasteiger partial charge in [-0.25, -0.2) is 0 Å². The molecule has 2 aromatic heterocycles. The lowest BCUT2D eigenvalue weighted by atomic mass is 9.89. The quantitative estimate of drug-likeness (QED) is 0.218. The summed E-state index contributed by atoms with van der Waals surface area (Å²) in [6.07, 6.45) is -7.59. The second kappa shape index (κ2) is 14.8. The van der Waals surface area contributed by atoms with Crippen molar-refractivity contribution < 1.29 is 50.0 Å². The van der Waals surface area contributed by atoms with Crippen molar-refractivity contribution in [2.45, 2.75) is 44.1 Å². The highest BCUT2D eigenvalue weighted by Crippen LogP contribution is 2.37. The largest absolute Gasteiger partial charge is 0.476 e. The lowest BCUT2D eigenvalue weighted by Crippen LogP contribution is -2.64. The molecule has 2 aliphatic heterocycles. The Kier molecular flexibility index (Phi) is 10.4. The van der Waals surface area contributed by atoms with E-state index in [9.17, 15) is 40.7 Å². The third kappa shape index (κ3) is 8.39. The monoisotopic (exact) mass is 744 g/mol. The first-order valence-corrected chi connectivity index (χ1v) is 16.7. The Morgan fingerprint density at radius 1 is 0.906 bits per heavy atom. The second-order valence-corrected chi connectivity index (χ2v) is 12.8. The number of ether oxygens (including phenoxy) is 1. The Balaban J connectivity index is 1.22. The number of pyridine rings is 1. The molecule has 0 spiro atoms. The number of rotatable bonds is 8. The molecule has 6 rings (SSSR count). The average Bonchev–Trinajstić information content (AvgIpc) is 3.54. The van der Waals surface area contributed by atoms with E-state index in [0.717, 1.165) is 41.6 Å². The average molecular weight is 745 g/mol. The van der Waals surface area contributed by atoms with Gasteiger partial charge in [-0.05, 0) is 62.2 Å². The predicted molar refractivity (Wildman–Crippen MR) is 178 cm³/mol. The summed E-state index contributed by atoms with van der Waals surface area (Å²) >= 11 is 0. The summed E-state index contributed by atoms with van der Waals surface area (Å²) in [4.78, 5) is 49.2. The number of nitrogens with zero attached hydrogens (tertiary/aromatic N) is 5. The van der Waals surface area contributed by atoms with E-state index < -0.39 is 53.0 Å². The van der Waals surface area contributed by atoms with Crippen LogP contribution in [-0.4, -0.2) is 82.5 Å². The molecule has 0 radical (unpaired) electrons. The van der Waals surface area contributed by atoms with Gasteiger partial charge in [0.15, 0.2) is 0 Å². The van der Waals surface area contributed by atoms with Crippen molar-refractivity contribution in [3.8, 4) is 5.75 Å². The zero-order chi connectivity index (χ0) is 38.0. The molecule has 4 aromatic rings. The van der Waals surface area contributed by atoms with Gasteiger partial charge in [0.2, 0.25) is 11.5 Å². The van der Waals surface area contributed by atoms with Crippen molar-refractivity contribution in [2.24, 2.45) is 0 Å². The number of anilines is 2. The number of aryl methyl sites for hydroxylation is 1. The maximum absolute atomic E-state index is 14.5. The first-order chi connectivity index (χ1) is 25.1. The Morgan fingerprint density at radius 3 is 2.28 bits per heavy atom. The molecular formula is C36H34F6N6O5. The summed E-state index contributed by atoms with van der Waals surface area (Å²) in [6.45, 7) is 2.22. The van der Waals surface area contributed by atoms with Crippen LogP contribution in [0.2, 0.25) is 0 Å². The summed E-state index contributed by atoms with van der Waals surface area (Å²) in [5.74, 6) is -1.58. The number of halogens is 6. The molecular weight excluding hydrogens is 710 g/mol. The molecule has 3 amide bonds. The van der Waals surface area contributed by atoms with Crippen molar-refractivity contribution in [3.63, 3.8) is 0 Å². The first kappa shape index (κ1) is 37.2. The third-order valence-electron chi connectivity index (χ3n) is 9.08. The molecule has 1 N–H and O–H groups in total. The summed E-state index contributed by atoms with van der Waals surface area (Å²) in [5, 5.41) is 6.68. The maximum Gasteiger partial charge on any atom is 0.417 e. The molecule has 2 aromatic carbocycles. The lowest BCUT2D eigenvalue weighted by Gasteiger charge is -2.46. The maximum atomic E-state index is 14.5. The lowest BCUT2D eigenvalue weighted by molar-refractivity contribution is -0.153. The molecule has 4 heterocycles. The van der Waals surface area contributed by atoms with Crippen LogP contribution in [0.1, 0.15) is 45.8 Å². The van der Waals surface area contributed by atoms with Crippen LogP contribution in [0.3, 0.4) is 0 Å². The number of piperidine rings is 1. The smallest absolute Gasteiger partial charge is 0.417 e. The third-order valence-corrected chi connectivity index (χ3v) is 9.08. The number of nitrogens with one attached hydrogen (secondary N) is 1. The number of hydrogen-bond donors (Lipinski definition) is 1. The van der Waals surface area contributed by atoms with Gasteiger partial charge in [-0.2, -0.15) is 26.3 Å². The Bertz CT molecular complexity index is 1960. The number of carbonyl (C=O) groups is 3. The number of carbonyl (C=O) groups excluding carboxylic acids is 3.